The van der Waals surface area contributed by atoms with Crippen LogP contribution in [-0.4, -0.2) is 22.3 Å². The predicted octanol–water partition coefficient (Wildman–Crippen LogP) is 3.39. The molecule has 0 amide bonds. The fraction of sp³-hybridized carbons (Fsp3) is 0.333. The quantitative estimate of drug-likeness (QED) is 0.784. The van der Waals surface area contributed by atoms with Crippen LogP contribution >= 0.6 is 0 Å². The Hall–Kier alpha value is -2.66. The van der Waals surface area contributed by atoms with Gasteiger partial charge in [-0.3, -0.25) is 9.36 Å². The summed E-state index contributed by atoms with van der Waals surface area (Å²) in [6.07, 6.45) is 3.04. The highest BCUT2D eigenvalue weighted by molar-refractivity contribution is 5.84. The minimum Gasteiger partial charge on any atom is -0.376 e. The first-order chi connectivity index (χ1) is 12.7. The number of hydrogen-bond donors (Lipinski definition) is 1. The lowest BCUT2D eigenvalue weighted by molar-refractivity contribution is 0.0966. The molecular weight excluding hydrogens is 326 g/mol. The Balaban J connectivity index is 1.73. The van der Waals surface area contributed by atoms with Crippen LogP contribution < -0.4 is 11.3 Å². The van der Waals surface area contributed by atoms with Crippen LogP contribution in [0.1, 0.15) is 25.3 Å². The number of aromatic nitrogens is 2. The van der Waals surface area contributed by atoms with Crippen molar-refractivity contribution in [1.82, 2.24) is 9.55 Å². The predicted molar refractivity (Wildman–Crippen MR) is 104 cm³/mol. The first-order valence-corrected chi connectivity index (χ1v) is 9.16. The van der Waals surface area contributed by atoms with Gasteiger partial charge in [0.15, 0.2) is 0 Å². The average molecular weight is 349 g/mol. The third-order valence-corrected chi connectivity index (χ3v) is 5.09. The van der Waals surface area contributed by atoms with E-state index in [0.717, 1.165) is 37.0 Å². The molecule has 1 aliphatic heterocycles. The molecular formula is C21H23N3O2. The van der Waals surface area contributed by atoms with E-state index in [1.807, 2.05) is 18.2 Å². The third-order valence-electron chi connectivity index (χ3n) is 5.09. The number of aryl methyl sites for hydroxylation is 1. The van der Waals surface area contributed by atoms with Crippen LogP contribution in [0, 0.1) is 0 Å². The zero-order valence-electron chi connectivity index (χ0n) is 14.9. The highest BCUT2D eigenvalue weighted by atomic mass is 16.5. The fourth-order valence-electron chi connectivity index (χ4n) is 3.52. The number of anilines is 1. The summed E-state index contributed by atoms with van der Waals surface area (Å²) in [4.78, 5) is 17.3. The molecule has 2 heterocycles. The second-order valence-electron chi connectivity index (χ2n) is 6.80. The van der Waals surface area contributed by atoms with Gasteiger partial charge in [-0.1, -0.05) is 37.3 Å². The van der Waals surface area contributed by atoms with E-state index < -0.39 is 0 Å². The second kappa shape index (κ2) is 6.92. The van der Waals surface area contributed by atoms with Crippen molar-refractivity contribution in [1.29, 1.82) is 0 Å². The van der Waals surface area contributed by atoms with E-state index in [0.29, 0.717) is 17.4 Å². The van der Waals surface area contributed by atoms with Gasteiger partial charge in [-0.15, -0.1) is 0 Å². The summed E-state index contributed by atoms with van der Waals surface area (Å²) in [7, 11) is 0. The molecule has 1 aliphatic rings. The maximum Gasteiger partial charge on any atom is 0.262 e. The molecule has 2 aromatic carbocycles. The third kappa shape index (κ3) is 3.10. The van der Waals surface area contributed by atoms with E-state index >= 15 is 0 Å². The first kappa shape index (κ1) is 16.8. The number of fused-ring (bicyclic) bond motifs is 1. The van der Waals surface area contributed by atoms with Gasteiger partial charge in [0.2, 0.25) is 5.95 Å². The monoisotopic (exact) mass is 349 g/mol. The Morgan fingerprint density at radius 1 is 1.19 bits per heavy atom. The van der Waals surface area contributed by atoms with Crippen molar-refractivity contribution in [3.8, 4) is 11.1 Å². The van der Waals surface area contributed by atoms with Gasteiger partial charge >= 0.3 is 0 Å². The molecule has 26 heavy (non-hydrogen) atoms. The summed E-state index contributed by atoms with van der Waals surface area (Å²) in [6.45, 7) is 3.35. The summed E-state index contributed by atoms with van der Waals surface area (Å²) in [5, 5.41) is 0.589. The van der Waals surface area contributed by atoms with Crippen LogP contribution in [0.3, 0.4) is 0 Å². The molecule has 1 saturated heterocycles. The first-order valence-electron chi connectivity index (χ1n) is 9.16. The van der Waals surface area contributed by atoms with Crippen molar-refractivity contribution in [3.63, 3.8) is 0 Å². The molecule has 4 rings (SSSR count). The van der Waals surface area contributed by atoms with Crippen molar-refractivity contribution in [3.05, 3.63) is 58.4 Å². The average Bonchev–Trinajstić information content (AvgIpc) is 3.18. The Morgan fingerprint density at radius 2 is 1.96 bits per heavy atom. The molecule has 0 radical (unpaired) electrons. The van der Waals surface area contributed by atoms with Gasteiger partial charge in [-0.05, 0) is 48.1 Å². The molecule has 2 N–H and O–H groups in total. The fourth-order valence-corrected chi connectivity index (χ4v) is 3.52. The summed E-state index contributed by atoms with van der Waals surface area (Å²) in [6, 6.07) is 14.2. The Bertz CT molecular complexity index is 987. The number of hydrogen-bond acceptors (Lipinski definition) is 4. The van der Waals surface area contributed by atoms with Crippen molar-refractivity contribution in [2.45, 2.75) is 38.8 Å². The summed E-state index contributed by atoms with van der Waals surface area (Å²) < 4.78 is 7.17. The van der Waals surface area contributed by atoms with Crippen LogP contribution in [0.4, 0.5) is 5.95 Å². The molecule has 5 heteroatoms. The van der Waals surface area contributed by atoms with Crippen LogP contribution in [0.25, 0.3) is 22.0 Å². The van der Waals surface area contributed by atoms with Gasteiger partial charge in [0, 0.05) is 6.61 Å². The molecule has 0 saturated carbocycles. The van der Waals surface area contributed by atoms with Crippen LogP contribution in [0.5, 0.6) is 0 Å². The number of nitrogens with two attached hydrogens (primary N) is 1. The van der Waals surface area contributed by atoms with Gasteiger partial charge < -0.3 is 10.5 Å². The lowest BCUT2D eigenvalue weighted by atomic mass is 10.0. The molecule has 1 aromatic heterocycles. The lowest BCUT2D eigenvalue weighted by Gasteiger charge is -2.14. The Kier molecular flexibility index (Phi) is 4.47. The Labute approximate surface area is 152 Å². The topological polar surface area (TPSA) is 70.1 Å². The largest absolute Gasteiger partial charge is 0.376 e. The van der Waals surface area contributed by atoms with E-state index in [1.54, 1.807) is 0 Å². The van der Waals surface area contributed by atoms with Crippen LogP contribution in [-0.2, 0) is 17.7 Å². The minimum absolute atomic E-state index is 0.0469. The normalized spacial score (nSPS) is 17.0. The SMILES string of the molecule is CCc1ccc(-c2ccc3c(=O)n(CC4CCCO4)c(N)nc3c2)cc1. The van der Waals surface area contributed by atoms with Crippen molar-refractivity contribution in [2.24, 2.45) is 0 Å². The standard InChI is InChI=1S/C21H23N3O2/c1-2-14-5-7-15(8-6-14)16-9-10-18-19(12-16)23-21(22)24(20(18)25)13-17-4-3-11-26-17/h5-10,12,17H,2-4,11,13H2,1H3,(H2,22,23). The number of rotatable bonds is 4. The summed E-state index contributed by atoms with van der Waals surface area (Å²) in [5.41, 5.74) is 10.1. The van der Waals surface area contributed by atoms with Crippen molar-refractivity contribution < 1.29 is 4.74 Å². The van der Waals surface area contributed by atoms with Gasteiger partial charge in [0.25, 0.3) is 5.56 Å². The van der Waals surface area contributed by atoms with Gasteiger partial charge in [-0.25, -0.2) is 4.98 Å². The molecule has 1 unspecified atom stereocenters. The number of nitrogen functional groups attached to an aromatic ring is 1. The van der Waals surface area contributed by atoms with Crippen molar-refractivity contribution >= 4 is 16.9 Å². The van der Waals surface area contributed by atoms with Gasteiger partial charge in [-0.2, -0.15) is 0 Å². The summed E-state index contributed by atoms with van der Waals surface area (Å²) >= 11 is 0. The molecule has 0 bridgehead atoms. The molecule has 3 aromatic rings. The van der Waals surface area contributed by atoms with Gasteiger partial charge in [0.05, 0.1) is 23.6 Å². The molecule has 0 aliphatic carbocycles. The van der Waals surface area contributed by atoms with Crippen LogP contribution in [0.15, 0.2) is 47.3 Å². The van der Waals surface area contributed by atoms with E-state index in [2.05, 4.69) is 36.2 Å². The zero-order valence-corrected chi connectivity index (χ0v) is 14.9. The van der Waals surface area contributed by atoms with Gasteiger partial charge in [0.1, 0.15) is 0 Å². The second-order valence-corrected chi connectivity index (χ2v) is 6.80. The number of benzene rings is 2. The van der Waals surface area contributed by atoms with E-state index in [4.69, 9.17) is 10.5 Å². The molecule has 1 atom stereocenters. The van der Waals surface area contributed by atoms with E-state index in [1.165, 1.54) is 10.1 Å². The smallest absolute Gasteiger partial charge is 0.262 e. The molecule has 5 nitrogen and oxygen atoms in total. The molecule has 1 fully saturated rings. The maximum absolute atomic E-state index is 12.9. The highest BCUT2D eigenvalue weighted by Crippen LogP contribution is 2.24. The molecule has 134 valence electrons. The van der Waals surface area contributed by atoms with E-state index in [-0.39, 0.29) is 17.6 Å². The molecule has 0 spiro atoms. The zero-order chi connectivity index (χ0) is 18.1. The highest BCUT2D eigenvalue weighted by Gasteiger charge is 2.19. The summed E-state index contributed by atoms with van der Waals surface area (Å²) in [5.74, 6) is 0.247. The lowest BCUT2D eigenvalue weighted by Crippen LogP contribution is -2.29. The minimum atomic E-state index is -0.101. The van der Waals surface area contributed by atoms with Crippen molar-refractivity contribution in [2.75, 3.05) is 12.3 Å². The number of nitrogens with zero attached hydrogens (tertiary/aromatic N) is 2. The Morgan fingerprint density at radius 3 is 2.65 bits per heavy atom. The number of ether oxygens (including phenoxy) is 1. The maximum atomic E-state index is 12.9. The van der Waals surface area contributed by atoms with E-state index in [9.17, 15) is 4.79 Å². The van der Waals surface area contributed by atoms with Crippen LogP contribution in [0.2, 0.25) is 0 Å².